The number of ether oxygens (including phenoxy) is 8. The maximum absolute atomic E-state index is 10.1. The van der Waals surface area contributed by atoms with Crippen molar-refractivity contribution in [3.05, 3.63) is 0 Å². The first-order valence-electron chi connectivity index (χ1n) is 22.9. The van der Waals surface area contributed by atoms with Crippen LogP contribution in [0.5, 0.6) is 0 Å². The van der Waals surface area contributed by atoms with E-state index in [2.05, 4.69) is 39.9 Å². The molecule has 16 nitrogen and oxygen atoms in total. The van der Waals surface area contributed by atoms with Crippen molar-refractivity contribution in [2.45, 2.75) is 210 Å². The van der Waals surface area contributed by atoms with E-state index in [1.165, 1.54) is 0 Å². The number of hydrogen-bond acceptors (Lipinski definition) is 17. The average molecular weight is 948 g/mol. The first-order valence-corrected chi connectivity index (χ1v) is 28.3. The molecule has 0 amide bonds. The van der Waals surface area contributed by atoms with E-state index < -0.39 is 43.4 Å². The highest BCUT2D eigenvalue weighted by Gasteiger charge is 2.58. The van der Waals surface area contributed by atoms with E-state index >= 15 is 0 Å². The van der Waals surface area contributed by atoms with Crippen molar-refractivity contribution >= 4 is 36.8 Å². The highest BCUT2D eigenvalue weighted by molar-refractivity contribution is 8.09. The zero-order valence-corrected chi connectivity index (χ0v) is 40.6. The van der Waals surface area contributed by atoms with Crippen LogP contribution in [0.25, 0.3) is 0 Å². The van der Waals surface area contributed by atoms with E-state index in [4.69, 9.17) is 79.6 Å². The molecule has 6 saturated heterocycles. The molecular formula is C41H75NO15P2S2. The normalized spacial score (nSPS) is 42.5. The molecule has 7 fully saturated rings. The van der Waals surface area contributed by atoms with Crippen LogP contribution < -0.4 is 5.32 Å². The molecule has 6 heterocycles. The van der Waals surface area contributed by atoms with E-state index in [1.54, 1.807) is 0 Å². The third-order valence-electron chi connectivity index (χ3n) is 12.7. The Morgan fingerprint density at radius 2 is 1.36 bits per heavy atom. The fourth-order valence-corrected chi connectivity index (χ4v) is 13.8. The quantitative estimate of drug-likeness (QED) is 0.0922. The van der Waals surface area contributed by atoms with Gasteiger partial charge in [-0.1, -0.05) is 20.8 Å². The van der Waals surface area contributed by atoms with Crippen molar-refractivity contribution in [3.8, 4) is 0 Å². The van der Waals surface area contributed by atoms with Crippen molar-refractivity contribution in [2.75, 3.05) is 45.7 Å². The van der Waals surface area contributed by atoms with Gasteiger partial charge in [0.05, 0.1) is 74.8 Å². The number of aliphatic hydroxyl groups is 2. The van der Waals surface area contributed by atoms with Gasteiger partial charge in [0.15, 0.2) is 18.6 Å². The molecule has 1 spiro atoms. The summed E-state index contributed by atoms with van der Waals surface area (Å²) in [5.74, 6) is -0.0446. The lowest BCUT2D eigenvalue weighted by molar-refractivity contribution is -0.232. The Bertz CT molecular complexity index is 1450. The molecule has 7 aliphatic rings. The molecule has 0 bridgehead atoms. The van der Waals surface area contributed by atoms with Crippen molar-refractivity contribution in [1.82, 2.24) is 5.32 Å². The maximum Gasteiger partial charge on any atom is 0.324 e. The van der Waals surface area contributed by atoms with Crippen LogP contribution in [-0.2, 0) is 79.6 Å². The standard InChI is InChI=1S/C29H52NO8PS.C12H23O7PS/c1-6-22-23(16-21(5)33-22)38-39(40,32-18-25-19(3)15-20(4)34-25)14-10-13-31-26-24(17-30-7-2)35-28-27(26)36-29(37-28)11-8-9-12-29;1-7-3-9(14)12(18-7)6-16-20(15,21)19-10-4-8(2)17-11(10)5-13/h19-28,30H,6-18H2,1-5H3;7-14H,3-6H2,1-2H3,(H,15,21)/t19?,20?,21?,22?,23?,24-,25?,26+,27-,28-,39?;/m1./s1. The largest absolute Gasteiger partial charge is 0.394 e. The van der Waals surface area contributed by atoms with Crippen molar-refractivity contribution < 1.29 is 71.1 Å². The number of likely N-dealkylation sites (N-methyl/N-ethyl adjacent to an activating group) is 1. The molecule has 0 aromatic heterocycles. The molecule has 6 aliphatic heterocycles. The van der Waals surface area contributed by atoms with Crippen LogP contribution in [0.15, 0.2) is 0 Å². The molecule has 356 valence electrons. The SMILES string of the molecule is CC1CC(O)C(COP(O)(=S)OC2CC(C)OC2CO)O1.CCNC[C@H]1O[C@@H]2OC3(CCCC3)O[C@@H]2[C@H]1OCCCP(=S)(OCC1OC(C)CC1C)OC1CC(C)OC1CC. The van der Waals surface area contributed by atoms with Crippen LogP contribution in [0.2, 0.25) is 0 Å². The van der Waals surface area contributed by atoms with Crippen LogP contribution in [0.3, 0.4) is 0 Å². The molecule has 0 aromatic rings. The van der Waals surface area contributed by atoms with Gasteiger partial charge < -0.3 is 76.4 Å². The fourth-order valence-electron chi connectivity index (χ4n) is 9.63. The van der Waals surface area contributed by atoms with Gasteiger partial charge >= 0.3 is 6.72 Å². The van der Waals surface area contributed by atoms with Gasteiger partial charge in [-0.05, 0) is 95.9 Å². The van der Waals surface area contributed by atoms with Crippen molar-refractivity contribution in [1.29, 1.82) is 0 Å². The van der Waals surface area contributed by atoms with Gasteiger partial charge in [-0.15, -0.1) is 0 Å². The molecule has 1 saturated carbocycles. The molecule has 0 radical (unpaired) electrons. The lowest BCUT2D eigenvalue weighted by Gasteiger charge is -2.30. The lowest BCUT2D eigenvalue weighted by atomic mass is 10.0. The third-order valence-corrected chi connectivity index (χ3v) is 17.4. The van der Waals surface area contributed by atoms with Crippen molar-refractivity contribution in [3.63, 3.8) is 0 Å². The minimum Gasteiger partial charge on any atom is -0.394 e. The van der Waals surface area contributed by atoms with Gasteiger partial charge in [0.2, 0.25) is 0 Å². The number of aliphatic hydroxyl groups excluding tert-OH is 2. The number of rotatable bonds is 20. The Kier molecular flexibility index (Phi) is 19.3. The summed E-state index contributed by atoms with van der Waals surface area (Å²) in [7, 11) is 0. The van der Waals surface area contributed by atoms with Gasteiger partial charge in [0.25, 0.3) is 0 Å². The van der Waals surface area contributed by atoms with Crippen LogP contribution in [0, 0.1) is 5.92 Å². The summed E-state index contributed by atoms with van der Waals surface area (Å²) in [6.45, 7) is 10.7. The highest BCUT2D eigenvalue weighted by Crippen LogP contribution is 2.54. The van der Waals surface area contributed by atoms with Gasteiger partial charge in [0, 0.05) is 51.4 Å². The smallest absolute Gasteiger partial charge is 0.324 e. The second kappa shape index (κ2) is 23.1. The van der Waals surface area contributed by atoms with E-state index in [9.17, 15) is 15.1 Å². The summed E-state index contributed by atoms with van der Waals surface area (Å²) in [5.41, 5.74) is 0. The van der Waals surface area contributed by atoms with Gasteiger partial charge in [0.1, 0.15) is 30.5 Å². The molecule has 7 rings (SSSR count). The Balaban J connectivity index is 0.000000249. The first kappa shape index (κ1) is 51.1. The molecule has 18 atom stereocenters. The average Bonchev–Trinajstić information content (AvgIpc) is 4.08. The summed E-state index contributed by atoms with van der Waals surface area (Å²) in [6, 6.07) is 0. The molecular weight excluding hydrogens is 873 g/mol. The zero-order valence-electron chi connectivity index (χ0n) is 37.2. The van der Waals surface area contributed by atoms with Gasteiger partial charge in [-0.25, -0.2) is 0 Å². The van der Waals surface area contributed by atoms with E-state index in [0.29, 0.717) is 44.7 Å². The second-order valence-corrected chi connectivity index (χ2v) is 24.7. The Morgan fingerprint density at radius 3 is 1.98 bits per heavy atom. The molecule has 14 unspecified atom stereocenters. The molecule has 0 aromatic carbocycles. The first-order chi connectivity index (χ1) is 29.0. The summed E-state index contributed by atoms with van der Waals surface area (Å²) < 4.78 is 72.6. The summed E-state index contributed by atoms with van der Waals surface area (Å²) in [5, 5.41) is 22.4. The Labute approximate surface area is 373 Å². The Hall–Kier alpha value is 0.660. The van der Waals surface area contributed by atoms with Crippen LogP contribution >= 0.6 is 13.2 Å². The summed E-state index contributed by atoms with van der Waals surface area (Å²) in [6.07, 6.45) is 6.71. The number of nitrogens with one attached hydrogen (secondary N) is 1. The van der Waals surface area contributed by atoms with Crippen molar-refractivity contribution in [2.24, 2.45) is 5.92 Å². The van der Waals surface area contributed by atoms with Crippen LogP contribution in [0.1, 0.15) is 113 Å². The zero-order chi connectivity index (χ0) is 44.0. The fraction of sp³-hybridized carbons (Fsp3) is 1.00. The number of hydrogen-bond donors (Lipinski definition) is 4. The minimum absolute atomic E-state index is 0.0216. The van der Waals surface area contributed by atoms with Crippen LogP contribution in [-0.4, -0.2) is 158 Å². The maximum atomic E-state index is 10.1. The minimum atomic E-state index is -3.47. The predicted octanol–water partition coefficient (Wildman–Crippen LogP) is 5.21. The molecule has 61 heavy (non-hydrogen) atoms. The van der Waals surface area contributed by atoms with E-state index in [0.717, 1.165) is 57.9 Å². The van der Waals surface area contributed by atoms with Gasteiger partial charge in [-0.3, -0.25) is 0 Å². The molecule has 4 N–H and O–H groups in total. The molecule has 20 heteroatoms. The number of fused-ring (bicyclic) bond motifs is 1. The van der Waals surface area contributed by atoms with Crippen LogP contribution in [0.4, 0.5) is 0 Å². The monoisotopic (exact) mass is 947 g/mol. The second-order valence-electron chi connectivity index (χ2n) is 18.1. The Morgan fingerprint density at radius 1 is 0.738 bits per heavy atom. The highest BCUT2D eigenvalue weighted by atomic mass is 32.5. The summed E-state index contributed by atoms with van der Waals surface area (Å²) >= 11 is 11.1. The van der Waals surface area contributed by atoms with E-state index in [-0.39, 0.29) is 80.5 Å². The van der Waals surface area contributed by atoms with E-state index in [1.807, 2.05) is 13.8 Å². The van der Waals surface area contributed by atoms with Gasteiger partial charge in [-0.2, -0.15) is 0 Å². The predicted molar refractivity (Wildman–Crippen MR) is 234 cm³/mol. The lowest BCUT2D eigenvalue weighted by Crippen LogP contribution is -2.42. The summed E-state index contributed by atoms with van der Waals surface area (Å²) in [4.78, 5) is 10.1. The topological polar surface area (TPSA) is 183 Å². The molecule has 1 aliphatic carbocycles. The third kappa shape index (κ3) is 14.1.